The molecule has 8 heteroatoms. The molecule has 0 N–H and O–H groups in total. The highest BCUT2D eigenvalue weighted by molar-refractivity contribution is 5.46. The maximum atomic E-state index is 5.69. The Balaban J connectivity index is 1.25. The monoisotopic (exact) mass is 352 g/mol. The van der Waals surface area contributed by atoms with Crippen LogP contribution in [0.15, 0.2) is 36.8 Å². The van der Waals surface area contributed by atoms with Gasteiger partial charge in [-0.1, -0.05) is 6.07 Å². The summed E-state index contributed by atoms with van der Waals surface area (Å²) < 4.78 is 13.2. The van der Waals surface area contributed by atoms with E-state index in [0.29, 0.717) is 19.0 Å². The lowest BCUT2D eigenvalue weighted by atomic mass is 10.1. The van der Waals surface area contributed by atoms with E-state index >= 15 is 0 Å². The first-order valence-corrected chi connectivity index (χ1v) is 8.87. The molecule has 0 radical (unpaired) electrons. The lowest BCUT2D eigenvalue weighted by Crippen LogP contribution is -2.46. The Kier molecular flexibility index (Phi) is 3.82. The second kappa shape index (κ2) is 6.45. The number of hydrogen-bond acceptors (Lipinski definition) is 7. The van der Waals surface area contributed by atoms with E-state index in [9.17, 15) is 0 Å². The van der Waals surface area contributed by atoms with E-state index in [2.05, 4.69) is 37.1 Å². The van der Waals surface area contributed by atoms with Crippen molar-refractivity contribution in [2.75, 3.05) is 44.3 Å². The van der Waals surface area contributed by atoms with Gasteiger partial charge in [-0.15, -0.1) is 10.2 Å². The third-order valence-corrected chi connectivity index (χ3v) is 4.90. The van der Waals surface area contributed by atoms with Crippen LogP contribution in [-0.2, 0) is 6.54 Å². The van der Waals surface area contributed by atoms with Gasteiger partial charge in [-0.05, 0) is 23.8 Å². The molecule has 2 aliphatic rings. The summed E-state index contributed by atoms with van der Waals surface area (Å²) >= 11 is 0. The lowest BCUT2D eigenvalue weighted by Gasteiger charge is -2.36. The van der Waals surface area contributed by atoms with Crippen LogP contribution in [0, 0.1) is 0 Å². The molecule has 0 aliphatic carbocycles. The summed E-state index contributed by atoms with van der Waals surface area (Å²) in [5, 5.41) is 7.98. The van der Waals surface area contributed by atoms with Gasteiger partial charge in [-0.25, -0.2) is 4.98 Å². The van der Waals surface area contributed by atoms with E-state index in [4.69, 9.17) is 9.47 Å². The number of aromatic nitrogens is 4. The molecule has 1 aromatic carbocycles. The van der Waals surface area contributed by atoms with Crippen molar-refractivity contribution in [1.82, 2.24) is 24.5 Å². The van der Waals surface area contributed by atoms with Crippen molar-refractivity contribution in [2.24, 2.45) is 0 Å². The Bertz CT molecular complexity index is 919. The smallest absolute Gasteiger partial charge is 0.256 e. The van der Waals surface area contributed by atoms with Gasteiger partial charge in [0.1, 0.15) is 25.4 Å². The number of rotatable bonds is 3. The molecule has 0 saturated carbocycles. The highest BCUT2D eigenvalue weighted by Crippen LogP contribution is 2.31. The van der Waals surface area contributed by atoms with E-state index in [1.54, 1.807) is 12.5 Å². The molecular weight excluding hydrogens is 332 g/mol. The van der Waals surface area contributed by atoms with Crippen molar-refractivity contribution in [3.8, 4) is 11.5 Å². The van der Waals surface area contributed by atoms with Gasteiger partial charge in [0.05, 0.1) is 0 Å². The van der Waals surface area contributed by atoms with Crippen molar-refractivity contribution in [2.45, 2.75) is 6.54 Å². The van der Waals surface area contributed by atoms with Crippen LogP contribution in [0.3, 0.4) is 0 Å². The zero-order chi connectivity index (χ0) is 17.3. The standard InChI is InChI=1S/C18H20N6O2/c1-2-15-16(26-10-9-25-15)11-14(1)12-22-5-7-23(8-6-22)17-3-4-19-18-21-20-13-24(17)18/h1-4,11,13H,5-10,12H2. The van der Waals surface area contributed by atoms with Crippen molar-refractivity contribution in [1.29, 1.82) is 0 Å². The summed E-state index contributed by atoms with van der Waals surface area (Å²) in [7, 11) is 0. The van der Waals surface area contributed by atoms with E-state index < -0.39 is 0 Å². The van der Waals surface area contributed by atoms with Crippen LogP contribution in [0.25, 0.3) is 5.78 Å². The van der Waals surface area contributed by atoms with Crippen LogP contribution in [0.2, 0.25) is 0 Å². The molecule has 5 rings (SSSR count). The molecule has 2 aliphatic heterocycles. The van der Waals surface area contributed by atoms with Crippen LogP contribution < -0.4 is 14.4 Å². The Labute approximate surface area is 151 Å². The van der Waals surface area contributed by atoms with Crippen molar-refractivity contribution < 1.29 is 9.47 Å². The Hall–Kier alpha value is -2.87. The average molecular weight is 352 g/mol. The van der Waals surface area contributed by atoms with Crippen LogP contribution in [0.4, 0.5) is 5.82 Å². The highest BCUT2D eigenvalue weighted by atomic mass is 16.6. The summed E-state index contributed by atoms with van der Waals surface area (Å²) in [6.45, 7) is 6.09. The quantitative estimate of drug-likeness (QED) is 0.702. The first-order valence-electron chi connectivity index (χ1n) is 8.87. The molecule has 0 unspecified atom stereocenters. The maximum Gasteiger partial charge on any atom is 0.256 e. The zero-order valence-electron chi connectivity index (χ0n) is 14.4. The van der Waals surface area contributed by atoms with Gasteiger partial charge >= 0.3 is 0 Å². The number of ether oxygens (including phenoxy) is 2. The summed E-state index contributed by atoms with van der Waals surface area (Å²) in [5.41, 5.74) is 1.26. The molecule has 0 atom stereocenters. The van der Waals surface area contributed by atoms with Gasteiger partial charge in [0.25, 0.3) is 5.78 Å². The molecule has 1 fully saturated rings. The van der Waals surface area contributed by atoms with Crippen molar-refractivity contribution in [3.05, 3.63) is 42.4 Å². The Morgan fingerprint density at radius 3 is 2.69 bits per heavy atom. The molecule has 8 nitrogen and oxygen atoms in total. The first-order chi connectivity index (χ1) is 12.9. The van der Waals surface area contributed by atoms with Crippen molar-refractivity contribution >= 4 is 11.6 Å². The van der Waals surface area contributed by atoms with Gasteiger partial charge in [-0.2, -0.15) is 0 Å². The fourth-order valence-corrected chi connectivity index (χ4v) is 3.57. The predicted molar refractivity (Wildman–Crippen MR) is 95.7 cm³/mol. The van der Waals surface area contributed by atoms with Gasteiger partial charge < -0.3 is 14.4 Å². The second-order valence-electron chi connectivity index (χ2n) is 6.55. The van der Waals surface area contributed by atoms with Crippen LogP contribution in [-0.4, -0.2) is 63.9 Å². The summed E-state index contributed by atoms with van der Waals surface area (Å²) in [4.78, 5) is 9.06. The van der Waals surface area contributed by atoms with E-state index in [1.165, 1.54) is 5.56 Å². The molecule has 1 saturated heterocycles. The number of nitrogens with zero attached hydrogens (tertiary/aromatic N) is 6. The minimum absolute atomic E-state index is 0.624. The minimum atomic E-state index is 0.624. The maximum absolute atomic E-state index is 5.69. The van der Waals surface area contributed by atoms with Crippen LogP contribution >= 0.6 is 0 Å². The van der Waals surface area contributed by atoms with Gasteiger partial charge in [-0.3, -0.25) is 9.30 Å². The molecule has 0 amide bonds. The highest BCUT2D eigenvalue weighted by Gasteiger charge is 2.20. The average Bonchev–Trinajstić information content (AvgIpc) is 3.17. The summed E-state index contributed by atoms with van der Waals surface area (Å²) in [5.74, 6) is 3.44. The second-order valence-corrected chi connectivity index (χ2v) is 6.55. The Morgan fingerprint density at radius 1 is 0.962 bits per heavy atom. The van der Waals surface area contributed by atoms with Crippen molar-refractivity contribution in [3.63, 3.8) is 0 Å². The van der Waals surface area contributed by atoms with E-state index in [1.807, 2.05) is 16.5 Å². The van der Waals surface area contributed by atoms with Gasteiger partial charge in [0.2, 0.25) is 0 Å². The third kappa shape index (κ3) is 2.82. The van der Waals surface area contributed by atoms with Gasteiger partial charge in [0.15, 0.2) is 11.5 Å². The minimum Gasteiger partial charge on any atom is -0.486 e. The van der Waals surface area contributed by atoms with E-state index in [0.717, 1.165) is 50.0 Å². The van der Waals surface area contributed by atoms with Crippen LogP contribution in [0.5, 0.6) is 11.5 Å². The molecule has 0 spiro atoms. The third-order valence-electron chi connectivity index (χ3n) is 4.90. The molecule has 134 valence electrons. The topological polar surface area (TPSA) is 68.0 Å². The fourth-order valence-electron chi connectivity index (χ4n) is 3.57. The number of piperazine rings is 1. The molecule has 0 bridgehead atoms. The molecule has 2 aromatic heterocycles. The molecular formula is C18H20N6O2. The molecule has 4 heterocycles. The van der Waals surface area contributed by atoms with E-state index in [-0.39, 0.29) is 0 Å². The first kappa shape index (κ1) is 15.4. The summed E-state index contributed by atoms with van der Waals surface area (Å²) in [6.07, 6.45) is 3.51. The summed E-state index contributed by atoms with van der Waals surface area (Å²) in [6, 6.07) is 8.26. The fraction of sp³-hybridized carbons (Fsp3) is 0.389. The van der Waals surface area contributed by atoms with Gasteiger partial charge in [0, 0.05) is 38.9 Å². The molecule has 26 heavy (non-hydrogen) atoms. The predicted octanol–water partition coefficient (Wildman–Crippen LogP) is 1.22. The number of benzene rings is 1. The largest absolute Gasteiger partial charge is 0.486 e. The lowest BCUT2D eigenvalue weighted by molar-refractivity contribution is 0.171. The van der Waals surface area contributed by atoms with Crippen LogP contribution in [0.1, 0.15) is 5.56 Å². The SMILES string of the molecule is c1cc(N2CCN(Cc3ccc4c(c3)OCCO4)CC2)n2cnnc2n1. The number of anilines is 1. The number of hydrogen-bond donors (Lipinski definition) is 0. The number of fused-ring (bicyclic) bond motifs is 2. The normalized spacial score (nSPS) is 17.6. The molecule has 3 aromatic rings. The zero-order valence-corrected chi connectivity index (χ0v) is 14.4. The Morgan fingerprint density at radius 2 is 1.81 bits per heavy atom.